The smallest absolute Gasteiger partial charge is 0.247 e. The monoisotopic (exact) mass is 1090 g/mol. The summed E-state index contributed by atoms with van der Waals surface area (Å²) in [6, 6.07) is 106. The quantitative estimate of drug-likeness (QED) is 0.129. The highest BCUT2D eigenvalue weighted by molar-refractivity contribution is 6.99. The Balaban J connectivity index is 0.795. The second-order valence-electron chi connectivity index (χ2n) is 24.2. The minimum atomic E-state index is 0.0393. The first-order chi connectivity index (χ1) is 42.7. The normalized spacial score (nSPS) is 13.6. The van der Waals surface area contributed by atoms with Crippen LogP contribution in [0.1, 0.15) is 22.3 Å². The number of aromatic nitrogens is 2. The lowest BCUT2D eigenvalue weighted by Gasteiger charge is -2.41. The molecule has 396 valence electrons. The van der Waals surface area contributed by atoms with E-state index in [9.17, 15) is 0 Å². The van der Waals surface area contributed by atoms with Gasteiger partial charge in [-0.3, -0.25) is 0 Å². The Morgan fingerprint density at radius 2 is 0.570 bits per heavy atom. The Hall–Kier alpha value is -10.8. The number of fused-ring (bicyclic) bond motifs is 20. The first kappa shape index (κ1) is 46.6. The summed E-state index contributed by atoms with van der Waals surface area (Å²) in [6.07, 6.45) is 1.73. The van der Waals surface area contributed by atoms with Crippen molar-refractivity contribution in [3.8, 4) is 11.4 Å². The van der Waals surface area contributed by atoms with Crippen LogP contribution in [0.4, 0.5) is 34.1 Å². The highest BCUT2D eigenvalue weighted by atomic mass is 15.2. The van der Waals surface area contributed by atoms with E-state index in [2.05, 4.69) is 298 Å². The van der Waals surface area contributed by atoms with Crippen molar-refractivity contribution in [3.05, 3.63) is 301 Å². The van der Waals surface area contributed by atoms with Crippen LogP contribution in [0.3, 0.4) is 0 Å². The van der Waals surface area contributed by atoms with Crippen LogP contribution in [-0.4, -0.2) is 22.6 Å². The average Bonchev–Trinajstić information content (AvgIpc) is 1.31. The second kappa shape index (κ2) is 17.4. The zero-order chi connectivity index (χ0) is 55.9. The van der Waals surface area contributed by atoms with Gasteiger partial charge in [0, 0.05) is 67.0 Å². The van der Waals surface area contributed by atoms with Gasteiger partial charge in [0.25, 0.3) is 0 Å². The molecule has 0 radical (unpaired) electrons. The molecule has 0 spiro atoms. The van der Waals surface area contributed by atoms with E-state index in [4.69, 9.17) is 0 Å². The molecule has 0 atom stereocenters. The van der Waals surface area contributed by atoms with Crippen molar-refractivity contribution >= 4 is 156 Å². The highest BCUT2D eigenvalue weighted by Gasteiger charge is 2.43. The Labute approximate surface area is 497 Å². The van der Waals surface area contributed by atoms with Gasteiger partial charge in [-0.05, 0) is 174 Å². The minimum absolute atomic E-state index is 0.0393. The fourth-order valence-electron chi connectivity index (χ4n) is 16.5. The summed E-state index contributed by atoms with van der Waals surface area (Å²) in [5.41, 5.74) is 28.4. The van der Waals surface area contributed by atoms with Crippen LogP contribution in [0.25, 0.3) is 87.3 Å². The third kappa shape index (κ3) is 6.29. The van der Waals surface area contributed by atoms with Crippen molar-refractivity contribution in [1.82, 2.24) is 9.13 Å². The molecule has 0 bridgehead atoms. The average molecular weight is 1090 g/mol. The van der Waals surface area contributed by atoms with Gasteiger partial charge in [0.15, 0.2) is 0 Å². The summed E-state index contributed by atoms with van der Waals surface area (Å²) < 4.78 is 4.93. The summed E-state index contributed by atoms with van der Waals surface area (Å²) in [4.78, 5) is 5.08. The largest absolute Gasteiger partial charge is 0.311 e. The maximum Gasteiger partial charge on any atom is 0.247 e. The predicted octanol–water partition coefficient (Wildman–Crippen LogP) is 15.7. The molecule has 0 N–H and O–H groups in total. The molecule has 4 aliphatic rings. The van der Waals surface area contributed by atoms with Gasteiger partial charge in [0.1, 0.15) is 0 Å². The first-order valence-electron chi connectivity index (χ1n) is 30.3. The van der Waals surface area contributed by atoms with E-state index in [1.54, 1.807) is 0 Å². The van der Waals surface area contributed by atoms with E-state index in [1.807, 2.05) is 0 Å². The second-order valence-corrected chi connectivity index (χ2v) is 24.2. The molecule has 0 saturated heterocycles. The van der Waals surface area contributed by atoms with Crippen molar-refractivity contribution in [1.29, 1.82) is 0 Å². The van der Waals surface area contributed by atoms with Gasteiger partial charge in [0.2, 0.25) is 13.4 Å². The van der Waals surface area contributed by atoms with Crippen molar-refractivity contribution in [3.63, 3.8) is 0 Å². The fraction of sp³-hybridized carbons (Fsp3) is 0.0250. The Morgan fingerprint density at radius 3 is 0.965 bits per heavy atom. The van der Waals surface area contributed by atoms with Gasteiger partial charge >= 0.3 is 0 Å². The SMILES string of the molecule is c1ccc(N2c3cc(-n4c5ccccc5c5ccccc54)ccc3B3c4cc5c6ccccc6c6cc7c(cc6c5cc4Cc4cccc2c43)Cc2cccc3c2B7c2ccc(-n4c5ccccc5c5ccccc54)cc2N3c2ccccc2)cc1. The van der Waals surface area contributed by atoms with Crippen LogP contribution >= 0.6 is 0 Å². The Bertz CT molecular complexity index is 5190. The number of nitrogens with zero attached hydrogens (tertiary/aromatic N) is 4. The fourth-order valence-corrected chi connectivity index (χ4v) is 16.5. The zero-order valence-electron chi connectivity index (χ0n) is 46.9. The van der Waals surface area contributed by atoms with Gasteiger partial charge in [-0.25, -0.2) is 0 Å². The summed E-state index contributed by atoms with van der Waals surface area (Å²) in [6.45, 7) is 0.0787. The van der Waals surface area contributed by atoms with Crippen molar-refractivity contribution in [2.75, 3.05) is 9.80 Å². The maximum atomic E-state index is 2.62. The molecular formula is C80H50B2N4. The van der Waals surface area contributed by atoms with Crippen LogP contribution in [0, 0.1) is 0 Å². The summed E-state index contributed by atoms with van der Waals surface area (Å²) in [5, 5.41) is 13.0. The maximum absolute atomic E-state index is 2.62. The van der Waals surface area contributed by atoms with Crippen molar-refractivity contribution in [2.45, 2.75) is 12.8 Å². The number of benzene rings is 14. The molecule has 16 aromatic rings. The molecule has 0 aliphatic carbocycles. The van der Waals surface area contributed by atoms with Gasteiger partial charge in [-0.15, -0.1) is 0 Å². The lowest BCUT2D eigenvalue weighted by atomic mass is 9.31. The predicted molar refractivity (Wildman–Crippen MR) is 365 cm³/mol. The van der Waals surface area contributed by atoms with Crippen molar-refractivity contribution < 1.29 is 0 Å². The molecule has 0 amide bonds. The number of hydrogen-bond acceptors (Lipinski definition) is 2. The summed E-state index contributed by atoms with van der Waals surface area (Å²) in [7, 11) is 0. The molecule has 4 nitrogen and oxygen atoms in total. The van der Waals surface area contributed by atoms with E-state index in [-0.39, 0.29) is 13.4 Å². The lowest BCUT2D eigenvalue weighted by molar-refractivity contribution is 1.16. The first-order valence-corrected chi connectivity index (χ1v) is 30.3. The Morgan fingerprint density at radius 1 is 0.221 bits per heavy atom. The molecular weight excluding hydrogens is 1040 g/mol. The van der Waals surface area contributed by atoms with E-state index in [1.165, 1.54) is 165 Å². The summed E-state index contributed by atoms with van der Waals surface area (Å²) in [5.74, 6) is 0. The van der Waals surface area contributed by atoms with Crippen molar-refractivity contribution in [2.24, 2.45) is 0 Å². The van der Waals surface area contributed by atoms with E-state index >= 15 is 0 Å². The Kier molecular flexibility index (Phi) is 9.43. The molecule has 0 saturated carbocycles. The molecule has 2 aromatic heterocycles. The van der Waals surface area contributed by atoms with Crippen LogP contribution < -0.4 is 42.6 Å². The van der Waals surface area contributed by atoms with Gasteiger partial charge in [0.05, 0.1) is 22.1 Å². The zero-order valence-corrected chi connectivity index (χ0v) is 46.9. The third-order valence-corrected chi connectivity index (χ3v) is 20.0. The van der Waals surface area contributed by atoms with Crippen LogP contribution in [0.5, 0.6) is 0 Å². The lowest BCUT2D eigenvalue weighted by Crippen LogP contribution is -2.61. The summed E-state index contributed by atoms with van der Waals surface area (Å²) >= 11 is 0. The standard InChI is InChI=1S/C80H50B2N4/c1-3-21-53(22-4-1)83-75-35-17-19-49-41-51-43-63-64-44-52-42-50-20-18-36-76-80(50)82(68-40-38-56(46-78(68)84(76)54-23-5-2-6-24-54)86-73-33-15-11-29-61(73)62-30-12-16-34-74(62)86)70(52)48-66(64)58-26-8-7-25-57(58)65(63)47-69(51)81(79(49)75)67-39-37-55(45-77(67)83)85-71-31-13-9-27-59(71)60-28-10-14-32-72(60)85/h1-40,43-48H,41-42H2. The number of rotatable bonds is 4. The number of para-hydroxylation sites is 6. The molecule has 20 rings (SSSR count). The minimum Gasteiger partial charge on any atom is -0.311 e. The van der Waals surface area contributed by atoms with Crippen LogP contribution in [0.2, 0.25) is 0 Å². The molecule has 14 aromatic carbocycles. The van der Waals surface area contributed by atoms with Gasteiger partial charge < -0.3 is 18.9 Å². The number of anilines is 6. The van der Waals surface area contributed by atoms with E-state index in [0.29, 0.717) is 0 Å². The topological polar surface area (TPSA) is 16.3 Å². The molecule has 86 heavy (non-hydrogen) atoms. The van der Waals surface area contributed by atoms with Crippen LogP contribution in [-0.2, 0) is 12.8 Å². The van der Waals surface area contributed by atoms with E-state index in [0.717, 1.165) is 24.2 Å². The molecule has 0 unspecified atom stereocenters. The molecule has 6 heterocycles. The number of hydrogen-bond donors (Lipinski definition) is 0. The molecule has 6 heteroatoms. The van der Waals surface area contributed by atoms with E-state index < -0.39 is 0 Å². The molecule has 0 fully saturated rings. The van der Waals surface area contributed by atoms with Gasteiger partial charge in [-0.1, -0.05) is 205 Å². The molecule has 4 aliphatic heterocycles. The van der Waals surface area contributed by atoms with Gasteiger partial charge in [-0.2, -0.15) is 0 Å². The van der Waals surface area contributed by atoms with Crippen LogP contribution in [0.15, 0.2) is 279 Å². The highest BCUT2D eigenvalue weighted by Crippen LogP contribution is 2.45. The third-order valence-electron chi connectivity index (χ3n) is 20.0.